The number of nitrogens with zero attached hydrogens (tertiary/aromatic N) is 1. The summed E-state index contributed by atoms with van der Waals surface area (Å²) in [5, 5.41) is 9.09. The molecular weight excluding hydrogens is 309 g/mol. The van der Waals surface area contributed by atoms with E-state index < -0.39 is 5.97 Å². The van der Waals surface area contributed by atoms with E-state index in [-0.39, 0.29) is 21.3 Å². The lowest BCUT2D eigenvalue weighted by atomic mass is 10.2. The van der Waals surface area contributed by atoms with Gasteiger partial charge in [-0.25, -0.2) is 4.79 Å². The fraction of sp³-hybridized carbons (Fsp3) is 0.273. The lowest BCUT2D eigenvalue weighted by Gasteiger charge is -2.17. The number of carbonyl (C=O) groups is 2. The molecule has 1 unspecified atom stereocenters. The van der Waals surface area contributed by atoms with Crippen LogP contribution >= 0.6 is 27.5 Å². The van der Waals surface area contributed by atoms with Crippen LogP contribution in [-0.2, 0) is 4.79 Å². The number of hydrogen-bond acceptors (Lipinski definition) is 2. The van der Waals surface area contributed by atoms with Crippen LogP contribution in [-0.4, -0.2) is 28.4 Å². The zero-order valence-electron chi connectivity index (χ0n) is 8.69. The number of halogens is 2. The van der Waals surface area contributed by atoms with E-state index in [2.05, 4.69) is 15.9 Å². The highest BCUT2D eigenvalue weighted by atomic mass is 79.9. The van der Waals surface area contributed by atoms with E-state index in [1.54, 1.807) is 11.0 Å². The predicted octanol–water partition coefficient (Wildman–Crippen LogP) is 2.54. The summed E-state index contributed by atoms with van der Waals surface area (Å²) in [6.45, 7) is 0.547. The van der Waals surface area contributed by atoms with Crippen molar-refractivity contribution in [3.63, 3.8) is 0 Å². The Balaban J connectivity index is 2.34. The molecule has 0 radical (unpaired) electrons. The average Bonchev–Trinajstić information content (AvgIpc) is 2.57. The molecule has 0 bridgehead atoms. The maximum absolute atomic E-state index is 11.7. The highest BCUT2D eigenvalue weighted by Crippen LogP contribution is 2.31. The van der Waals surface area contributed by atoms with Crippen molar-refractivity contribution in [2.75, 3.05) is 11.4 Å². The monoisotopic (exact) mass is 317 g/mol. The number of hydrogen-bond donors (Lipinski definition) is 1. The Morgan fingerprint density at radius 1 is 1.53 bits per heavy atom. The Kier molecular flexibility index (Phi) is 3.40. The third-order valence-corrected chi connectivity index (χ3v) is 3.48. The van der Waals surface area contributed by atoms with Gasteiger partial charge in [0, 0.05) is 17.8 Å². The van der Waals surface area contributed by atoms with E-state index in [1.807, 2.05) is 0 Å². The van der Waals surface area contributed by atoms with Crippen molar-refractivity contribution in [1.29, 1.82) is 0 Å². The molecule has 1 fully saturated rings. The lowest BCUT2D eigenvalue weighted by Crippen LogP contribution is -2.24. The number of carbonyl (C=O) groups excluding carboxylic acids is 1. The SMILES string of the molecule is O=C(O)c1ccc(N2CC(Br)CC2=O)c(Cl)c1. The third-order valence-electron chi connectivity index (χ3n) is 2.56. The smallest absolute Gasteiger partial charge is 0.335 e. The molecule has 1 N–H and O–H groups in total. The first-order valence-corrected chi connectivity index (χ1v) is 6.25. The number of aromatic carboxylic acids is 1. The molecule has 1 atom stereocenters. The maximum Gasteiger partial charge on any atom is 0.335 e. The number of rotatable bonds is 2. The van der Waals surface area contributed by atoms with Gasteiger partial charge in [-0.05, 0) is 18.2 Å². The second-order valence-electron chi connectivity index (χ2n) is 3.78. The van der Waals surface area contributed by atoms with Crippen molar-refractivity contribution >= 4 is 45.1 Å². The molecule has 0 spiro atoms. The third kappa shape index (κ3) is 2.45. The molecule has 4 nitrogen and oxygen atoms in total. The highest BCUT2D eigenvalue weighted by Gasteiger charge is 2.30. The first kappa shape index (κ1) is 12.4. The standard InChI is InChI=1S/C11H9BrClNO3/c12-7-4-10(15)14(5-7)9-2-1-6(11(16)17)3-8(9)13/h1-3,7H,4-5H2,(H,16,17). The second kappa shape index (κ2) is 4.66. The van der Waals surface area contributed by atoms with Gasteiger partial charge in [0.05, 0.1) is 16.3 Å². The zero-order valence-corrected chi connectivity index (χ0v) is 11.0. The Morgan fingerprint density at radius 2 is 2.24 bits per heavy atom. The molecule has 1 saturated heterocycles. The summed E-state index contributed by atoms with van der Waals surface area (Å²) in [7, 11) is 0. The van der Waals surface area contributed by atoms with Crippen LogP contribution in [0.1, 0.15) is 16.8 Å². The average molecular weight is 319 g/mol. The molecule has 1 heterocycles. The van der Waals surface area contributed by atoms with Crippen LogP contribution in [0.15, 0.2) is 18.2 Å². The molecular formula is C11H9BrClNO3. The number of alkyl halides is 1. The summed E-state index contributed by atoms with van der Waals surface area (Å²) in [6.07, 6.45) is 0.428. The van der Waals surface area contributed by atoms with E-state index in [9.17, 15) is 9.59 Å². The summed E-state index contributed by atoms with van der Waals surface area (Å²) in [4.78, 5) is 24.1. The Morgan fingerprint density at radius 3 is 2.71 bits per heavy atom. The van der Waals surface area contributed by atoms with Crippen LogP contribution < -0.4 is 4.90 Å². The molecule has 1 aliphatic heterocycles. The molecule has 1 amide bonds. The second-order valence-corrected chi connectivity index (χ2v) is 5.48. The zero-order chi connectivity index (χ0) is 12.6. The fourth-order valence-corrected chi connectivity index (χ4v) is 2.60. The van der Waals surface area contributed by atoms with Gasteiger partial charge >= 0.3 is 5.97 Å². The molecule has 1 aromatic rings. The van der Waals surface area contributed by atoms with Crippen molar-refractivity contribution in [2.24, 2.45) is 0 Å². The Hall–Kier alpha value is -1.07. The highest BCUT2D eigenvalue weighted by molar-refractivity contribution is 9.09. The van der Waals surface area contributed by atoms with Gasteiger partial charge in [0.25, 0.3) is 0 Å². The fourth-order valence-electron chi connectivity index (χ4n) is 1.76. The van der Waals surface area contributed by atoms with E-state index in [0.29, 0.717) is 18.7 Å². The normalized spacial score (nSPS) is 19.8. The maximum atomic E-state index is 11.7. The van der Waals surface area contributed by atoms with Crippen molar-refractivity contribution in [3.8, 4) is 0 Å². The van der Waals surface area contributed by atoms with Crippen LogP contribution in [0.25, 0.3) is 0 Å². The van der Waals surface area contributed by atoms with Crippen molar-refractivity contribution in [1.82, 2.24) is 0 Å². The van der Waals surface area contributed by atoms with E-state index in [1.165, 1.54) is 12.1 Å². The van der Waals surface area contributed by atoms with Gasteiger partial charge in [0.15, 0.2) is 0 Å². The molecule has 1 aliphatic rings. The molecule has 2 rings (SSSR count). The van der Waals surface area contributed by atoms with Crippen molar-refractivity contribution in [2.45, 2.75) is 11.2 Å². The van der Waals surface area contributed by atoms with E-state index in [4.69, 9.17) is 16.7 Å². The molecule has 90 valence electrons. The quantitative estimate of drug-likeness (QED) is 0.853. The largest absolute Gasteiger partial charge is 0.478 e. The van der Waals surface area contributed by atoms with Gasteiger partial charge in [-0.3, -0.25) is 4.79 Å². The molecule has 0 saturated carbocycles. The van der Waals surface area contributed by atoms with Crippen molar-refractivity contribution < 1.29 is 14.7 Å². The Labute approximate surface area is 111 Å². The summed E-state index contributed by atoms with van der Waals surface area (Å²) >= 11 is 9.37. The lowest BCUT2D eigenvalue weighted by molar-refractivity contribution is -0.117. The molecule has 6 heteroatoms. The molecule has 0 aliphatic carbocycles. The van der Waals surface area contributed by atoms with Crippen LogP contribution in [0.2, 0.25) is 5.02 Å². The van der Waals surface area contributed by atoms with Crippen LogP contribution in [0, 0.1) is 0 Å². The molecule has 17 heavy (non-hydrogen) atoms. The van der Waals surface area contributed by atoms with Gasteiger partial charge < -0.3 is 10.0 Å². The van der Waals surface area contributed by atoms with E-state index in [0.717, 1.165) is 0 Å². The van der Waals surface area contributed by atoms with Gasteiger partial charge in [-0.2, -0.15) is 0 Å². The van der Waals surface area contributed by atoms with Gasteiger partial charge in [-0.15, -0.1) is 0 Å². The summed E-state index contributed by atoms with van der Waals surface area (Å²) in [5.74, 6) is -1.05. The number of amides is 1. The van der Waals surface area contributed by atoms with Gasteiger partial charge in [0.1, 0.15) is 0 Å². The number of carboxylic acids is 1. The van der Waals surface area contributed by atoms with Crippen molar-refractivity contribution in [3.05, 3.63) is 28.8 Å². The van der Waals surface area contributed by atoms with Crippen LogP contribution in [0.4, 0.5) is 5.69 Å². The van der Waals surface area contributed by atoms with Gasteiger partial charge in [0.2, 0.25) is 5.91 Å². The molecule has 1 aromatic carbocycles. The minimum Gasteiger partial charge on any atom is -0.478 e. The predicted molar refractivity (Wildman–Crippen MR) is 68.1 cm³/mol. The van der Waals surface area contributed by atoms with Crippen LogP contribution in [0.3, 0.4) is 0 Å². The summed E-state index contributed by atoms with van der Waals surface area (Å²) < 4.78 is 0. The summed E-state index contributed by atoms with van der Waals surface area (Å²) in [6, 6.07) is 4.36. The summed E-state index contributed by atoms with van der Waals surface area (Å²) in [5.41, 5.74) is 0.671. The van der Waals surface area contributed by atoms with Crippen LogP contribution in [0.5, 0.6) is 0 Å². The van der Waals surface area contributed by atoms with Gasteiger partial charge in [-0.1, -0.05) is 27.5 Å². The van der Waals surface area contributed by atoms with E-state index >= 15 is 0 Å². The topological polar surface area (TPSA) is 57.6 Å². The number of anilines is 1. The minimum absolute atomic E-state index is 0.0168. The number of benzene rings is 1. The minimum atomic E-state index is -1.04. The first-order chi connectivity index (χ1) is 7.99. The Bertz CT molecular complexity index is 492. The number of carboxylic acid groups (broad SMARTS) is 1. The first-order valence-electron chi connectivity index (χ1n) is 4.96. The molecule has 0 aromatic heterocycles.